The molecular weight excluding hydrogens is 352 g/mol. The summed E-state index contributed by atoms with van der Waals surface area (Å²) in [7, 11) is 0. The SMILES string of the molecule is CC(=O)c1ccc(Sc2nnnn2C2CCCC2)c(Br)c1. The van der Waals surface area contributed by atoms with Crippen LogP contribution in [0.5, 0.6) is 0 Å². The first-order chi connectivity index (χ1) is 10.1. The van der Waals surface area contributed by atoms with E-state index in [0.29, 0.717) is 11.6 Å². The van der Waals surface area contributed by atoms with Crippen LogP contribution in [0.3, 0.4) is 0 Å². The van der Waals surface area contributed by atoms with Gasteiger partial charge >= 0.3 is 0 Å². The second-order valence-corrected chi connectivity index (χ2v) is 7.01. The Balaban J connectivity index is 1.84. The first-order valence-corrected chi connectivity index (χ1v) is 8.52. The molecule has 5 nitrogen and oxygen atoms in total. The molecule has 1 saturated carbocycles. The molecule has 2 aromatic rings. The summed E-state index contributed by atoms with van der Waals surface area (Å²) >= 11 is 5.04. The Morgan fingerprint density at radius 1 is 1.38 bits per heavy atom. The second-order valence-electron chi connectivity index (χ2n) is 5.15. The average Bonchev–Trinajstić information content (AvgIpc) is 3.11. The summed E-state index contributed by atoms with van der Waals surface area (Å²) in [5, 5.41) is 12.9. The summed E-state index contributed by atoms with van der Waals surface area (Å²) in [6.07, 6.45) is 4.77. The molecule has 1 aliphatic carbocycles. The molecular formula is C14H15BrN4OS. The van der Waals surface area contributed by atoms with Gasteiger partial charge in [0.2, 0.25) is 5.16 Å². The van der Waals surface area contributed by atoms with Crippen molar-refractivity contribution in [1.29, 1.82) is 0 Å². The second kappa shape index (κ2) is 6.27. The fourth-order valence-electron chi connectivity index (χ4n) is 2.53. The van der Waals surface area contributed by atoms with Crippen LogP contribution in [0.25, 0.3) is 0 Å². The number of ketones is 1. The highest BCUT2D eigenvalue weighted by Gasteiger charge is 2.22. The fourth-order valence-corrected chi connectivity index (χ4v) is 4.00. The van der Waals surface area contributed by atoms with Gasteiger partial charge in [-0.2, -0.15) is 0 Å². The molecule has 110 valence electrons. The van der Waals surface area contributed by atoms with Gasteiger partial charge in [-0.3, -0.25) is 4.79 Å². The maximum Gasteiger partial charge on any atom is 0.214 e. The van der Waals surface area contributed by atoms with Crippen molar-refractivity contribution in [2.24, 2.45) is 0 Å². The van der Waals surface area contributed by atoms with Gasteiger partial charge < -0.3 is 0 Å². The third-order valence-electron chi connectivity index (χ3n) is 3.67. The van der Waals surface area contributed by atoms with Crippen molar-refractivity contribution in [3.05, 3.63) is 28.2 Å². The van der Waals surface area contributed by atoms with E-state index < -0.39 is 0 Å². The van der Waals surface area contributed by atoms with Crippen molar-refractivity contribution < 1.29 is 4.79 Å². The zero-order valence-electron chi connectivity index (χ0n) is 11.6. The monoisotopic (exact) mass is 366 g/mol. The van der Waals surface area contributed by atoms with Gasteiger partial charge in [-0.1, -0.05) is 18.9 Å². The Morgan fingerprint density at radius 3 is 2.81 bits per heavy atom. The van der Waals surface area contributed by atoms with Gasteiger partial charge in [-0.15, -0.1) is 5.10 Å². The molecule has 21 heavy (non-hydrogen) atoms. The molecule has 0 bridgehead atoms. The third kappa shape index (κ3) is 3.18. The van der Waals surface area contributed by atoms with E-state index in [9.17, 15) is 4.79 Å². The summed E-state index contributed by atoms with van der Waals surface area (Å²) in [5.41, 5.74) is 0.696. The molecule has 3 rings (SSSR count). The quantitative estimate of drug-likeness (QED) is 0.767. The normalized spacial score (nSPS) is 15.5. The molecule has 0 radical (unpaired) electrons. The van der Waals surface area contributed by atoms with Crippen LogP contribution in [0, 0.1) is 0 Å². The van der Waals surface area contributed by atoms with Crippen molar-refractivity contribution in [3.8, 4) is 0 Å². The van der Waals surface area contributed by atoms with Crippen LogP contribution < -0.4 is 0 Å². The summed E-state index contributed by atoms with van der Waals surface area (Å²) in [4.78, 5) is 12.4. The van der Waals surface area contributed by atoms with Crippen molar-refractivity contribution in [2.45, 2.75) is 48.7 Å². The third-order valence-corrected chi connectivity index (χ3v) is 5.62. The average molecular weight is 367 g/mol. The molecule has 0 amide bonds. The molecule has 7 heteroatoms. The smallest absolute Gasteiger partial charge is 0.214 e. The lowest BCUT2D eigenvalue weighted by molar-refractivity contribution is 0.101. The standard InChI is InChI=1S/C14H15BrN4OS/c1-9(20)10-6-7-13(12(15)8-10)21-14-16-17-18-19(14)11-4-2-3-5-11/h6-8,11H,2-5H2,1H3. The molecule has 0 N–H and O–H groups in total. The van der Waals surface area contributed by atoms with Crippen LogP contribution in [-0.4, -0.2) is 26.0 Å². The van der Waals surface area contributed by atoms with Crippen LogP contribution in [0.4, 0.5) is 0 Å². The number of Topliss-reactive ketones (excluding diaryl/α,β-unsaturated/α-hetero) is 1. The van der Waals surface area contributed by atoms with Crippen LogP contribution in [-0.2, 0) is 0 Å². The topological polar surface area (TPSA) is 60.7 Å². The Kier molecular flexibility index (Phi) is 4.40. The van der Waals surface area contributed by atoms with E-state index in [0.717, 1.165) is 27.4 Å². The number of halogens is 1. The van der Waals surface area contributed by atoms with Crippen LogP contribution in [0.2, 0.25) is 0 Å². The van der Waals surface area contributed by atoms with Crippen molar-refractivity contribution in [1.82, 2.24) is 20.2 Å². The number of benzene rings is 1. The fraction of sp³-hybridized carbons (Fsp3) is 0.429. The summed E-state index contributed by atoms with van der Waals surface area (Å²) in [6, 6.07) is 6.02. The number of hydrogen-bond donors (Lipinski definition) is 0. The molecule has 0 spiro atoms. The van der Waals surface area contributed by atoms with Crippen molar-refractivity contribution in [3.63, 3.8) is 0 Å². The van der Waals surface area contributed by atoms with E-state index in [1.54, 1.807) is 6.92 Å². The molecule has 0 saturated heterocycles. The highest BCUT2D eigenvalue weighted by Crippen LogP contribution is 2.36. The Hall–Kier alpha value is -1.21. The molecule has 1 aromatic heterocycles. The maximum absolute atomic E-state index is 11.4. The molecule has 1 fully saturated rings. The minimum atomic E-state index is 0.0584. The maximum atomic E-state index is 11.4. The van der Waals surface area contributed by atoms with E-state index in [2.05, 4.69) is 31.5 Å². The van der Waals surface area contributed by atoms with Gasteiger partial charge in [0.25, 0.3) is 0 Å². The predicted molar refractivity (Wildman–Crippen MR) is 83.6 cm³/mol. The predicted octanol–water partition coefficient (Wildman–Crippen LogP) is 3.90. The van der Waals surface area contributed by atoms with Gasteiger partial charge in [-0.05, 0) is 70.0 Å². The Labute approximate surface area is 135 Å². The molecule has 1 heterocycles. The van der Waals surface area contributed by atoms with Gasteiger partial charge in [0.1, 0.15) is 0 Å². The van der Waals surface area contributed by atoms with E-state index in [1.165, 1.54) is 24.6 Å². The lowest BCUT2D eigenvalue weighted by Gasteiger charge is -2.11. The number of tetrazole rings is 1. The number of hydrogen-bond acceptors (Lipinski definition) is 5. The highest BCUT2D eigenvalue weighted by molar-refractivity contribution is 9.10. The Morgan fingerprint density at radius 2 is 2.14 bits per heavy atom. The number of carbonyl (C=O) groups is 1. The summed E-state index contributed by atoms with van der Waals surface area (Å²) in [5.74, 6) is 0.0584. The molecule has 0 aliphatic heterocycles. The molecule has 1 aliphatic rings. The lowest BCUT2D eigenvalue weighted by atomic mass is 10.2. The summed E-state index contributed by atoms with van der Waals surface area (Å²) in [6.45, 7) is 1.56. The first kappa shape index (κ1) is 14.7. The minimum Gasteiger partial charge on any atom is -0.295 e. The molecule has 0 atom stereocenters. The summed E-state index contributed by atoms with van der Waals surface area (Å²) < 4.78 is 2.82. The van der Waals surface area contributed by atoms with Crippen molar-refractivity contribution in [2.75, 3.05) is 0 Å². The van der Waals surface area contributed by atoms with Crippen LogP contribution >= 0.6 is 27.7 Å². The zero-order chi connectivity index (χ0) is 14.8. The Bertz CT molecular complexity index is 667. The van der Waals surface area contributed by atoms with Gasteiger partial charge in [-0.25, -0.2) is 4.68 Å². The van der Waals surface area contributed by atoms with Crippen molar-refractivity contribution >= 4 is 33.5 Å². The van der Waals surface area contributed by atoms with E-state index >= 15 is 0 Å². The van der Waals surface area contributed by atoms with E-state index in [1.807, 2.05) is 22.9 Å². The van der Waals surface area contributed by atoms with Gasteiger partial charge in [0, 0.05) is 14.9 Å². The number of carbonyl (C=O) groups excluding carboxylic acids is 1. The minimum absolute atomic E-state index is 0.0584. The van der Waals surface area contributed by atoms with E-state index in [-0.39, 0.29) is 5.78 Å². The molecule has 1 aromatic carbocycles. The van der Waals surface area contributed by atoms with Crippen LogP contribution in [0.1, 0.15) is 49.0 Å². The number of rotatable bonds is 4. The first-order valence-electron chi connectivity index (χ1n) is 6.91. The lowest BCUT2D eigenvalue weighted by Crippen LogP contribution is -2.08. The van der Waals surface area contributed by atoms with Gasteiger partial charge in [0.15, 0.2) is 5.78 Å². The van der Waals surface area contributed by atoms with Gasteiger partial charge in [0.05, 0.1) is 6.04 Å². The molecule has 0 unspecified atom stereocenters. The number of aromatic nitrogens is 4. The van der Waals surface area contributed by atoms with E-state index in [4.69, 9.17) is 0 Å². The largest absolute Gasteiger partial charge is 0.295 e. The highest BCUT2D eigenvalue weighted by atomic mass is 79.9. The zero-order valence-corrected chi connectivity index (χ0v) is 14.0. The number of nitrogens with zero attached hydrogens (tertiary/aromatic N) is 4. The van der Waals surface area contributed by atoms with Crippen LogP contribution in [0.15, 0.2) is 32.7 Å².